The minimum absolute atomic E-state index is 0.0180. The van der Waals surface area contributed by atoms with Gasteiger partial charge in [-0.2, -0.15) is 4.98 Å². The molecule has 0 atom stereocenters. The maximum Gasteiger partial charge on any atom is 0.254 e. The molecule has 0 radical (unpaired) electrons. The summed E-state index contributed by atoms with van der Waals surface area (Å²) in [6.07, 6.45) is 8.49. The largest absolute Gasteiger partial charge is 0.362 e. The average molecular weight is 429 g/mol. The van der Waals surface area contributed by atoms with Crippen LogP contribution in [0.2, 0.25) is 0 Å². The number of carbonyl (C=O) groups is 1. The highest BCUT2D eigenvalue weighted by molar-refractivity contribution is 7.99. The molecule has 0 saturated heterocycles. The standard InChI is InChI=1S/C22H32N6OS/c1-5-13-30-21-18(7-6-12-23-21)20(29)25-16-8-10-17(11-9-16)26-22-24-14-15(2)19(27-22)28(3)4/h6-7,12,14,16-17H,5,8-11,13H2,1-4H3,(H,25,29)(H,24,26,27). The van der Waals surface area contributed by atoms with Crippen LogP contribution in [0.4, 0.5) is 11.8 Å². The monoisotopic (exact) mass is 428 g/mol. The van der Waals surface area contributed by atoms with Gasteiger partial charge < -0.3 is 15.5 Å². The van der Waals surface area contributed by atoms with E-state index in [0.29, 0.717) is 17.6 Å². The van der Waals surface area contributed by atoms with Gasteiger partial charge in [0.2, 0.25) is 5.95 Å². The van der Waals surface area contributed by atoms with Gasteiger partial charge >= 0.3 is 0 Å². The second-order valence-corrected chi connectivity index (χ2v) is 9.05. The van der Waals surface area contributed by atoms with Crippen molar-refractivity contribution >= 4 is 29.4 Å². The highest BCUT2D eigenvalue weighted by Crippen LogP contribution is 2.24. The molecule has 0 unspecified atom stereocenters. The lowest BCUT2D eigenvalue weighted by molar-refractivity contribution is 0.0923. The van der Waals surface area contributed by atoms with Crippen molar-refractivity contribution in [1.29, 1.82) is 0 Å². The Labute approximate surface area is 183 Å². The number of aryl methyl sites for hydroxylation is 1. The number of nitrogens with one attached hydrogen (secondary N) is 2. The first-order valence-electron chi connectivity index (χ1n) is 10.6. The smallest absolute Gasteiger partial charge is 0.254 e. The second-order valence-electron chi connectivity index (χ2n) is 7.97. The fourth-order valence-electron chi connectivity index (χ4n) is 3.66. The lowest BCUT2D eigenvalue weighted by Gasteiger charge is -2.30. The molecule has 2 aromatic heterocycles. The molecule has 162 valence electrons. The molecule has 1 fully saturated rings. The summed E-state index contributed by atoms with van der Waals surface area (Å²) in [5.41, 5.74) is 1.74. The Morgan fingerprint density at radius 1 is 1.20 bits per heavy atom. The molecular formula is C22H32N6OS. The Bertz CT molecular complexity index is 851. The number of pyridine rings is 1. The number of thioether (sulfide) groups is 1. The highest BCUT2D eigenvalue weighted by Gasteiger charge is 2.24. The minimum atomic E-state index is -0.0180. The normalized spacial score (nSPS) is 18.7. The fraction of sp³-hybridized carbons (Fsp3) is 0.545. The molecule has 1 amide bonds. The van der Waals surface area contributed by atoms with E-state index in [-0.39, 0.29) is 11.9 Å². The van der Waals surface area contributed by atoms with Crippen molar-refractivity contribution in [2.24, 2.45) is 0 Å². The van der Waals surface area contributed by atoms with Gasteiger partial charge in [-0.05, 0) is 56.9 Å². The number of hydrogen-bond acceptors (Lipinski definition) is 7. The zero-order valence-corrected chi connectivity index (χ0v) is 19.1. The zero-order chi connectivity index (χ0) is 21.5. The SMILES string of the molecule is CCCSc1ncccc1C(=O)NC1CCC(Nc2ncc(C)c(N(C)C)n2)CC1. The minimum Gasteiger partial charge on any atom is -0.362 e. The van der Waals surface area contributed by atoms with E-state index in [9.17, 15) is 4.79 Å². The van der Waals surface area contributed by atoms with E-state index in [1.807, 2.05) is 44.2 Å². The lowest BCUT2D eigenvalue weighted by Crippen LogP contribution is -2.40. The molecule has 7 nitrogen and oxygen atoms in total. The Morgan fingerprint density at radius 2 is 1.93 bits per heavy atom. The van der Waals surface area contributed by atoms with Crippen LogP contribution in [-0.2, 0) is 0 Å². The summed E-state index contributed by atoms with van der Waals surface area (Å²) >= 11 is 1.64. The van der Waals surface area contributed by atoms with Crippen molar-refractivity contribution in [3.05, 3.63) is 35.7 Å². The summed E-state index contributed by atoms with van der Waals surface area (Å²) in [6, 6.07) is 4.21. The van der Waals surface area contributed by atoms with E-state index >= 15 is 0 Å². The predicted molar refractivity (Wildman–Crippen MR) is 123 cm³/mol. The van der Waals surface area contributed by atoms with Crippen LogP contribution in [0.15, 0.2) is 29.6 Å². The summed E-state index contributed by atoms with van der Waals surface area (Å²) in [5, 5.41) is 7.50. The van der Waals surface area contributed by atoms with Gasteiger partial charge in [-0.15, -0.1) is 11.8 Å². The van der Waals surface area contributed by atoms with Crippen LogP contribution in [0.25, 0.3) is 0 Å². The molecule has 2 aromatic rings. The first kappa shape index (κ1) is 22.3. The molecule has 0 aliphatic heterocycles. The van der Waals surface area contributed by atoms with Crippen LogP contribution in [0.5, 0.6) is 0 Å². The molecule has 0 aromatic carbocycles. The third kappa shape index (κ3) is 5.84. The van der Waals surface area contributed by atoms with Crippen molar-refractivity contribution in [3.8, 4) is 0 Å². The quantitative estimate of drug-likeness (QED) is 0.617. The Hall–Kier alpha value is -2.35. The molecule has 1 saturated carbocycles. The number of hydrogen-bond donors (Lipinski definition) is 2. The molecular weight excluding hydrogens is 396 g/mol. The fourth-order valence-corrected chi connectivity index (χ4v) is 4.51. The van der Waals surface area contributed by atoms with Crippen molar-refractivity contribution in [2.45, 2.75) is 63.1 Å². The number of amides is 1. The summed E-state index contributed by atoms with van der Waals surface area (Å²) in [6.45, 7) is 4.15. The van der Waals surface area contributed by atoms with Crippen molar-refractivity contribution in [2.75, 3.05) is 30.1 Å². The first-order valence-corrected chi connectivity index (χ1v) is 11.6. The van der Waals surface area contributed by atoms with Crippen LogP contribution in [0.3, 0.4) is 0 Å². The maximum absolute atomic E-state index is 12.8. The lowest BCUT2D eigenvalue weighted by atomic mass is 9.91. The summed E-state index contributed by atoms with van der Waals surface area (Å²) in [4.78, 5) is 28.2. The van der Waals surface area contributed by atoms with Gasteiger partial charge in [0, 0.05) is 44.1 Å². The van der Waals surface area contributed by atoms with Gasteiger partial charge in [-0.25, -0.2) is 9.97 Å². The van der Waals surface area contributed by atoms with E-state index < -0.39 is 0 Å². The molecule has 1 aliphatic carbocycles. The Kier molecular flexibility index (Phi) is 7.90. The molecule has 2 heterocycles. The molecule has 0 spiro atoms. The van der Waals surface area contributed by atoms with Gasteiger partial charge in [0.1, 0.15) is 10.8 Å². The molecule has 30 heavy (non-hydrogen) atoms. The Morgan fingerprint density at radius 3 is 2.63 bits per heavy atom. The van der Waals surface area contributed by atoms with Crippen LogP contribution < -0.4 is 15.5 Å². The van der Waals surface area contributed by atoms with Gasteiger partial charge in [-0.1, -0.05) is 6.92 Å². The van der Waals surface area contributed by atoms with E-state index in [1.54, 1.807) is 18.0 Å². The molecule has 3 rings (SSSR count). The van der Waals surface area contributed by atoms with Gasteiger partial charge in [0.05, 0.1) is 5.56 Å². The molecule has 2 N–H and O–H groups in total. The number of carbonyl (C=O) groups excluding carboxylic acids is 1. The number of anilines is 2. The van der Waals surface area contributed by atoms with Crippen LogP contribution in [0.1, 0.15) is 54.9 Å². The third-order valence-electron chi connectivity index (χ3n) is 5.22. The summed E-state index contributed by atoms with van der Waals surface area (Å²) < 4.78 is 0. The summed E-state index contributed by atoms with van der Waals surface area (Å²) in [5.74, 6) is 2.55. The van der Waals surface area contributed by atoms with E-state index in [1.165, 1.54) is 0 Å². The van der Waals surface area contributed by atoms with Crippen molar-refractivity contribution < 1.29 is 4.79 Å². The van der Waals surface area contributed by atoms with Crippen LogP contribution in [0, 0.1) is 6.92 Å². The van der Waals surface area contributed by atoms with E-state index in [0.717, 1.165) is 54.3 Å². The second kappa shape index (κ2) is 10.6. The molecule has 8 heteroatoms. The Balaban J connectivity index is 1.53. The van der Waals surface area contributed by atoms with Gasteiger partial charge in [0.25, 0.3) is 5.91 Å². The predicted octanol–water partition coefficient (Wildman–Crippen LogP) is 3.90. The van der Waals surface area contributed by atoms with Crippen molar-refractivity contribution in [3.63, 3.8) is 0 Å². The van der Waals surface area contributed by atoms with Crippen molar-refractivity contribution in [1.82, 2.24) is 20.3 Å². The molecule has 1 aliphatic rings. The third-order valence-corrected chi connectivity index (χ3v) is 6.43. The average Bonchev–Trinajstić information content (AvgIpc) is 2.75. The van der Waals surface area contributed by atoms with Gasteiger partial charge in [-0.3, -0.25) is 4.79 Å². The number of nitrogens with zero attached hydrogens (tertiary/aromatic N) is 4. The van der Waals surface area contributed by atoms with E-state index in [4.69, 9.17) is 0 Å². The zero-order valence-electron chi connectivity index (χ0n) is 18.3. The van der Waals surface area contributed by atoms with Crippen LogP contribution >= 0.6 is 11.8 Å². The number of rotatable bonds is 8. The van der Waals surface area contributed by atoms with Gasteiger partial charge in [0.15, 0.2) is 0 Å². The van der Waals surface area contributed by atoms with Crippen LogP contribution in [-0.4, -0.2) is 52.8 Å². The number of aromatic nitrogens is 3. The summed E-state index contributed by atoms with van der Waals surface area (Å²) in [7, 11) is 3.98. The molecule has 0 bridgehead atoms. The maximum atomic E-state index is 12.8. The first-order chi connectivity index (χ1) is 14.5. The topological polar surface area (TPSA) is 83.0 Å². The van der Waals surface area contributed by atoms with E-state index in [2.05, 4.69) is 32.5 Å². The highest BCUT2D eigenvalue weighted by atomic mass is 32.2.